The third-order valence-corrected chi connectivity index (χ3v) is 5.32. The van der Waals surface area contributed by atoms with E-state index >= 15 is 0 Å². The summed E-state index contributed by atoms with van der Waals surface area (Å²) in [5, 5.41) is 11.3. The van der Waals surface area contributed by atoms with Crippen LogP contribution in [0, 0.1) is 5.21 Å². The van der Waals surface area contributed by atoms with Crippen LogP contribution in [0.2, 0.25) is 0 Å². The first-order chi connectivity index (χ1) is 13.4. The normalized spacial score (nSPS) is 14.5. The molecule has 9 nitrogen and oxygen atoms in total. The lowest BCUT2D eigenvalue weighted by atomic mass is 10.0. The van der Waals surface area contributed by atoms with Crippen molar-refractivity contribution < 1.29 is 27.5 Å². The molecule has 154 valence electrons. The number of amides is 2. The van der Waals surface area contributed by atoms with Gasteiger partial charge in [-0.2, -0.15) is 4.73 Å². The number of pyridine rings is 2. The van der Waals surface area contributed by atoms with E-state index in [-0.39, 0.29) is 29.1 Å². The van der Waals surface area contributed by atoms with Gasteiger partial charge in [0.25, 0.3) is 5.91 Å². The smallest absolute Gasteiger partial charge is 0.417 e. The fraction of sp³-hybridized carbons (Fsp3) is 0.368. The molecule has 0 fully saturated rings. The summed E-state index contributed by atoms with van der Waals surface area (Å²) in [7, 11) is -3.81. The van der Waals surface area contributed by atoms with Gasteiger partial charge in [-0.1, -0.05) is 0 Å². The molecule has 29 heavy (non-hydrogen) atoms. The SMILES string of the molecule is CC(C)(C)OC(=O)N1CCc2nc(-c3cc[n+]([O-])cc3)cc(S(C)(=O)=O)c2C1=O. The molecule has 0 spiro atoms. The molecule has 2 aromatic rings. The van der Waals surface area contributed by atoms with Crippen LogP contribution in [0.25, 0.3) is 11.3 Å². The van der Waals surface area contributed by atoms with Crippen LogP contribution in [-0.2, 0) is 21.0 Å². The molecule has 2 amide bonds. The van der Waals surface area contributed by atoms with E-state index in [0.29, 0.717) is 16.0 Å². The van der Waals surface area contributed by atoms with Crippen molar-refractivity contribution in [3.63, 3.8) is 0 Å². The zero-order valence-corrected chi connectivity index (χ0v) is 17.3. The van der Waals surface area contributed by atoms with Gasteiger partial charge in [0.2, 0.25) is 0 Å². The van der Waals surface area contributed by atoms with Crippen LogP contribution in [0.15, 0.2) is 35.5 Å². The van der Waals surface area contributed by atoms with E-state index in [1.807, 2.05) is 0 Å². The lowest BCUT2D eigenvalue weighted by molar-refractivity contribution is -0.605. The van der Waals surface area contributed by atoms with E-state index in [9.17, 15) is 23.2 Å². The number of sulfone groups is 1. The number of carbonyl (C=O) groups is 2. The molecular weight excluding hydrogens is 398 g/mol. The Morgan fingerprint density at radius 1 is 1.28 bits per heavy atom. The van der Waals surface area contributed by atoms with Gasteiger partial charge in [-0.25, -0.2) is 18.1 Å². The predicted octanol–water partition coefficient (Wildman–Crippen LogP) is 1.72. The van der Waals surface area contributed by atoms with Gasteiger partial charge in [0.1, 0.15) is 5.60 Å². The Morgan fingerprint density at radius 3 is 2.45 bits per heavy atom. The van der Waals surface area contributed by atoms with Crippen molar-refractivity contribution in [1.29, 1.82) is 0 Å². The largest absolute Gasteiger partial charge is 0.619 e. The zero-order chi connectivity index (χ0) is 21.6. The Hall–Kier alpha value is -3.01. The van der Waals surface area contributed by atoms with Gasteiger partial charge in [-0.3, -0.25) is 9.78 Å². The number of aromatic nitrogens is 2. The maximum atomic E-state index is 13.0. The first-order valence-electron chi connectivity index (χ1n) is 8.85. The molecule has 0 radical (unpaired) electrons. The molecule has 1 aliphatic rings. The second-order valence-corrected chi connectivity index (χ2v) is 9.72. The minimum atomic E-state index is -3.81. The molecule has 1 aliphatic heterocycles. The second kappa shape index (κ2) is 7.11. The van der Waals surface area contributed by atoms with Gasteiger partial charge in [-0.05, 0) is 26.8 Å². The summed E-state index contributed by atoms with van der Waals surface area (Å²) in [6, 6.07) is 4.30. The van der Waals surface area contributed by atoms with Gasteiger partial charge >= 0.3 is 6.09 Å². The number of rotatable bonds is 2. The van der Waals surface area contributed by atoms with Crippen molar-refractivity contribution in [3.05, 3.63) is 47.1 Å². The Kier molecular flexibility index (Phi) is 5.08. The quantitative estimate of drug-likeness (QED) is 0.537. The minimum Gasteiger partial charge on any atom is -0.619 e. The standard InChI is InChI=1S/C19H21N3O6S/c1-19(2,3)28-18(24)22-10-7-13-16(17(22)23)15(29(4,26)27)11-14(20-13)12-5-8-21(25)9-6-12/h5-6,8-9,11H,7,10H2,1-4H3. The molecule has 0 saturated heterocycles. The highest BCUT2D eigenvalue weighted by molar-refractivity contribution is 7.90. The molecule has 0 aromatic carbocycles. The van der Waals surface area contributed by atoms with Crippen molar-refractivity contribution in [1.82, 2.24) is 9.88 Å². The van der Waals surface area contributed by atoms with Gasteiger partial charge in [0, 0.05) is 36.9 Å². The van der Waals surface area contributed by atoms with Crippen molar-refractivity contribution in [2.75, 3.05) is 12.8 Å². The number of ether oxygens (including phenoxy) is 1. The molecule has 0 bridgehead atoms. The van der Waals surface area contributed by atoms with Gasteiger partial charge in [0.05, 0.1) is 21.8 Å². The topological polar surface area (TPSA) is 121 Å². The monoisotopic (exact) mass is 419 g/mol. The summed E-state index contributed by atoms with van der Waals surface area (Å²) in [4.78, 5) is 30.5. The number of fused-ring (bicyclic) bond motifs is 1. The first-order valence-corrected chi connectivity index (χ1v) is 10.7. The van der Waals surface area contributed by atoms with Gasteiger partial charge in [-0.15, -0.1) is 0 Å². The molecule has 3 heterocycles. The number of nitrogens with zero attached hydrogens (tertiary/aromatic N) is 3. The molecule has 0 atom stereocenters. The van der Waals surface area contributed by atoms with Crippen molar-refractivity contribution in [2.45, 2.75) is 37.7 Å². The van der Waals surface area contributed by atoms with Gasteiger partial charge < -0.3 is 9.94 Å². The highest BCUT2D eigenvalue weighted by Crippen LogP contribution is 2.30. The van der Waals surface area contributed by atoms with Crippen molar-refractivity contribution in [3.8, 4) is 11.3 Å². The van der Waals surface area contributed by atoms with E-state index in [2.05, 4.69) is 4.98 Å². The molecule has 10 heteroatoms. The van der Waals surface area contributed by atoms with Crippen LogP contribution in [0.4, 0.5) is 4.79 Å². The lowest BCUT2D eigenvalue weighted by Gasteiger charge is -2.30. The van der Waals surface area contributed by atoms with E-state index in [0.717, 1.165) is 11.2 Å². The maximum Gasteiger partial charge on any atom is 0.417 e. The van der Waals surface area contributed by atoms with E-state index in [1.54, 1.807) is 20.8 Å². The molecule has 2 aromatic heterocycles. The summed E-state index contributed by atoms with van der Waals surface area (Å²) in [6.45, 7) is 5.05. The fourth-order valence-electron chi connectivity index (χ4n) is 2.95. The summed E-state index contributed by atoms with van der Waals surface area (Å²) in [5.74, 6) is -0.759. The summed E-state index contributed by atoms with van der Waals surface area (Å²) < 4.78 is 30.7. The third-order valence-electron chi connectivity index (χ3n) is 4.20. The van der Waals surface area contributed by atoms with Crippen molar-refractivity contribution in [2.24, 2.45) is 0 Å². The second-order valence-electron chi connectivity index (χ2n) is 7.73. The van der Waals surface area contributed by atoms with Crippen LogP contribution in [0.3, 0.4) is 0 Å². The van der Waals surface area contributed by atoms with Gasteiger partial charge in [0.15, 0.2) is 22.2 Å². The van der Waals surface area contributed by atoms with Crippen LogP contribution < -0.4 is 4.73 Å². The number of carbonyl (C=O) groups excluding carboxylic acids is 2. The highest BCUT2D eigenvalue weighted by Gasteiger charge is 2.37. The average Bonchev–Trinajstić information content (AvgIpc) is 2.59. The molecule has 3 rings (SSSR count). The first kappa shape index (κ1) is 20.7. The molecule has 0 N–H and O–H groups in total. The Bertz CT molecular complexity index is 1090. The summed E-state index contributed by atoms with van der Waals surface area (Å²) in [5.41, 5.74) is 0.218. The maximum absolute atomic E-state index is 13.0. The summed E-state index contributed by atoms with van der Waals surface area (Å²) in [6.07, 6.45) is 2.88. The molecular formula is C19H21N3O6S. The number of imide groups is 1. The third kappa shape index (κ3) is 4.37. The van der Waals surface area contributed by atoms with Crippen LogP contribution in [0.1, 0.15) is 36.8 Å². The van der Waals surface area contributed by atoms with Crippen LogP contribution in [0.5, 0.6) is 0 Å². The number of hydrogen-bond donors (Lipinski definition) is 0. The minimum absolute atomic E-state index is 0.0236. The van der Waals surface area contributed by atoms with Crippen molar-refractivity contribution >= 4 is 21.8 Å². The Morgan fingerprint density at radius 2 is 1.90 bits per heavy atom. The van der Waals surface area contributed by atoms with E-state index in [4.69, 9.17) is 4.74 Å². The molecule has 0 saturated carbocycles. The number of hydrogen-bond acceptors (Lipinski definition) is 7. The highest BCUT2D eigenvalue weighted by atomic mass is 32.2. The molecule has 0 aliphatic carbocycles. The van der Waals surface area contributed by atoms with Crippen LogP contribution >= 0.6 is 0 Å². The summed E-state index contributed by atoms with van der Waals surface area (Å²) >= 11 is 0. The van der Waals surface area contributed by atoms with Crippen LogP contribution in [-0.4, -0.2) is 48.7 Å². The van der Waals surface area contributed by atoms with E-state index in [1.165, 1.54) is 30.6 Å². The zero-order valence-electron chi connectivity index (χ0n) is 16.5. The fourth-order valence-corrected chi connectivity index (χ4v) is 3.85. The molecule has 0 unspecified atom stereocenters. The Balaban J connectivity index is 2.11. The average molecular weight is 419 g/mol. The predicted molar refractivity (Wildman–Crippen MR) is 103 cm³/mol. The Labute approximate surface area is 168 Å². The van der Waals surface area contributed by atoms with E-state index < -0.39 is 27.4 Å². The lowest BCUT2D eigenvalue weighted by Crippen LogP contribution is -2.45.